The summed E-state index contributed by atoms with van der Waals surface area (Å²) in [4.78, 5) is 17.5. The number of nitrogens with zero attached hydrogens (tertiary/aromatic N) is 4. The lowest BCUT2D eigenvalue weighted by Gasteiger charge is -2.13. The number of nitrogens with one attached hydrogen (secondary N) is 1. The lowest BCUT2D eigenvalue weighted by molar-refractivity contribution is 0.0944. The van der Waals surface area contributed by atoms with Gasteiger partial charge in [0.05, 0.1) is 13.1 Å². The lowest BCUT2D eigenvalue weighted by atomic mass is 10.3. The second kappa shape index (κ2) is 5.63. The molecule has 0 radical (unpaired) electrons. The molecule has 19 heavy (non-hydrogen) atoms. The number of hydrazine groups is 1. The number of nitrogens with two attached hydrogens (primary N) is 1. The third-order valence-corrected chi connectivity index (χ3v) is 2.68. The molecule has 0 aliphatic rings. The molecule has 0 saturated heterocycles. The molecule has 3 N–H and O–H groups in total. The van der Waals surface area contributed by atoms with Crippen molar-refractivity contribution >= 4 is 5.91 Å². The molecule has 8 heteroatoms. The van der Waals surface area contributed by atoms with Crippen LogP contribution in [0.1, 0.15) is 22.1 Å². The van der Waals surface area contributed by atoms with Crippen LogP contribution in [0, 0.1) is 0 Å². The molecule has 0 aromatic carbocycles. The van der Waals surface area contributed by atoms with Crippen molar-refractivity contribution in [2.24, 2.45) is 12.9 Å². The minimum atomic E-state index is -0.471. The van der Waals surface area contributed by atoms with Crippen LogP contribution in [0.15, 0.2) is 23.0 Å². The maximum atomic E-state index is 11.2. The van der Waals surface area contributed by atoms with E-state index in [0.717, 1.165) is 5.82 Å². The lowest BCUT2D eigenvalue weighted by Crippen LogP contribution is -2.30. The summed E-state index contributed by atoms with van der Waals surface area (Å²) in [5.74, 6) is 6.09. The Kier molecular flexibility index (Phi) is 3.93. The Labute approximate surface area is 110 Å². The highest BCUT2D eigenvalue weighted by molar-refractivity contribution is 5.91. The van der Waals surface area contributed by atoms with E-state index < -0.39 is 5.91 Å². The van der Waals surface area contributed by atoms with E-state index >= 15 is 0 Å². The van der Waals surface area contributed by atoms with Gasteiger partial charge in [-0.1, -0.05) is 5.16 Å². The van der Waals surface area contributed by atoms with Crippen LogP contribution in [-0.4, -0.2) is 32.6 Å². The van der Waals surface area contributed by atoms with Crippen molar-refractivity contribution in [2.45, 2.75) is 13.1 Å². The van der Waals surface area contributed by atoms with Gasteiger partial charge in [-0.15, -0.1) is 0 Å². The van der Waals surface area contributed by atoms with Crippen molar-refractivity contribution < 1.29 is 9.32 Å². The monoisotopic (exact) mass is 264 g/mol. The van der Waals surface area contributed by atoms with Gasteiger partial charge in [0.1, 0.15) is 5.82 Å². The van der Waals surface area contributed by atoms with E-state index in [2.05, 4.69) is 10.1 Å². The smallest absolute Gasteiger partial charge is 0.287 e. The van der Waals surface area contributed by atoms with Crippen molar-refractivity contribution in [1.29, 1.82) is 0 Å². The van der Waals surface area contributed by atoms with Gasteiger partial charge in [0.2, 0.25) is 0 Å². The molecule has 2 heterocycles. The first-order valence-corrected chi connectivity index (χ1v) is 5.71. The molecular formula is C11H16N6O2. The molecule has 0 aliphatic heterocycles. The normalized spacial score (nSPS) is 10.9. The van der Waals surface area contributed by atoms with E-state index in [4.69, 9.17) is 10.4 Å². The minimum Gasteiger partial charge on any atom is -0.359 e. The molecule has 0 unspecified atom stereocenters. The fraction of sp³-hybridized carbons (Fsp3) is 0.364. The SMILES string of the molecule is CN(Cc1cc(C(=O)NN)no1)Cc1nccn1C. The Balaban J connectivity index is 1.95. The quantitative estimate of drug-likeness (QED) is 0.434. The highest BCUT2D eigenvalue weighted by Gasteiger charge is 2.13. The number of imidazole rings is 1. The van der Waals surface area contributed by atoms with Gasteiger partial charge >= 0.3 is 0 Å². The van der Waals surface area contributed by atoms with Gasteiger partial charge < -0.3 is 9.09 Å². The van der Waals surface area contributed by atoms with Crippen LogP contribution < -0.4 is 11.3 Å². The summed E-state index contributed by atoms with van der Waals surface area (Å²) < 4.78 is 7.02. The third kappa shape index (κ3) is 3.18. The Morgan fingerprint density at radius 2 is 2.37 bits per heavy atom. The van der Waals surface area contributed by atoms with E-state index in [-0.39, 0.29) is 5.69 Å². The second-order valence-electron chi connectivity index (χ2n) is 4.28. The van der Waals surface area contributed by atoms with E-state index in [1.807, 2.05) is 35.2 Å². The molecule has 0 fully saturated rings. The summed E-state index contributed by atoms with van der Waals surface area (Å²) in [5.41, 5.74) is 2.17. The van der Waals surface area contributed by atoms with Gasteiger partial charge in [-0.25, -0.2) is 10.8 Å². The van der Waals surface area contributed by atoms with E-state index in [9.17, 15) is 4.79 Å². The molecule has 2 aromatic rings. The maximum Gasteiger partial charge on any atom is 0.287 e. The fourth-order valence-electron chi connectivity index (χ4n) is 1.68. The first-order chi connectivity index (χ1) is 9.10. The van der Waals surface area contributed by atoms with Crippen LogP contribution in [0.2, 0.25) is 0 Å². The number of carbonyl (C=O) groups is 1. The number of carbonyl (C=O) groups excluding carboxylic acids is 1. The number of hydrogen-bond donors (Lipinski definition) is 2. The van der Waals surface area contributed by atoms with Gasteiger partial charge in [0.15, 0.2) is 11.5 Å². The van der Waals surface area contributed by atoms with Crippen molar-refractivity contribution in [3.05, 3.63) is 35.7 Å². The number of rotatable bonds is 5. The highest BCUT2D eigenvalue weighted by Crippen LogP contribution is 2.08. The van der Waals surface area contributed by atoms with Crippen molar-refractivity contribution in [3.63, 3.8) is 0 Å². The number of aryl methyl sites for hydroxylation is 1. The van der Waals surface area contributed by atoms with Gasteiger partial charge in [0, 0.05) is 25.5 Å². The van der Waals surface area contributed by atoms with Gasteiger partial charge in [-0.05, 0) is 7.05 Å². The number of hydrogen-bond acceptors (Lipinski definition) is 6. The van der Waals surface area contributed by atoms with Crippen LogP contribution >= 0.6 is 0 Å². The minimum absolute atomic E-state index is 0.169. The molecule has 0 aliphatic carbocycles. The van der Waals surface area contributed by atoms with E-state index in [0.29, 0.717) is 18.8 Å². The standard InChI is InChI=1S/C11H16N6O2/c1-16(7-10-13-3-4-17(10)2)6-8-5-9(15-19-8)11(18)14-12/h3-5H,6-7,12H2,1-2H3,(H,14,18). The maximum absolute atomic E-state index is 11.2. The largest absolute Gasteiger partial charge is 0.359 e. The molecule has 0 saturated carbocycles. The van der Waals surface area contributed by atoms with Crippen molar-refractivity contribution in [2.75, 3.05) is 7.05 Å². The van der Waals surface area contributed by atoms with Gasteiger partial charge in [0.25, 0.3) is 5.91 Å². The van der Waals surface area contributed by atoms with Crippen LogP contribution in [0.5, 0.6) is 0 Å². The topological polar surface area (TPSA) is 102 Å². The third-order valence-electron chi connectivity index (χ3n) is 2.68. The molecule has 2 rings (SSSR count). The van der Waals surface area contributed by atoms with Gasteiger partial charge in [-0.2, -0.15) is 0 Å². The second-order valence-corrected chi connectivity index (χ2v) is 4.28. The van der Waals surface area contributed by atoms with Crippen LogP contribution in [0.3, 0.4) is 0 Å². The fourth-order valence-corrected chi connectivity index (χ4v) is 1.68. The zero-order valence-electron chi connectivity index (χ0n) is 10.8. The van der Waals surface area contributed by atoms with Crippen LogP contribution in [-0.2, 0) is 20.1 Å². The first-order valence-electron chi connectivity index (χ1n) is 5.71. The first kappa shape index (κ1) is 13.2. The average molecular weight is 264 g/mol. The zero-order chi connectivity index (χ0) is 13.8. The molecule has 0 atom stereocenters. The summed E-state index contributed by atoms with van der Waals surface area (Å²) in [7, 11) is 3.87. The summed E-state index contributed by atoms with van der Waals surface area (Å²) in [6.07, 6.45) is 3.64. The summed E-state index contributed by atoms with van der Waals surface area (Å²) in [6.45, 7) is 1.19. The highest BCUT2D eigenvalue weighted by atomic mass is 16.5. The number of aromatic nitrogens is 3. The van der Waals surface area contributed by atoms with E-state index in [1.165, 1.54) is 0 Å². The molecule has 102 valence electrons. The molecule has 2 aromatic heterocycles. The summed E-state index contributed by atoms with van der Waals surface area (Å²) in [6, 6.07) is 1.57. The number of nitrogen functional groups attached to an aromatic ring is 1. The summed E-state index contributed by atoms with van der Waals surface area (Å²) in [5, 5.41) is 3.64. The number of amides is 1. The van der Waals surface area contributed by atoms with Crippen molar-refractivity contribution in [3.8, 4) is 0 Å². The Bertz CT molecular complexity index is 561. The molecule has 1 amide bonds. The van der Waals surface area contributed by atoms with E-state index in [1.54, 1.807) is 12.3 Å². The summed E-state index contributed by atoms with van der Waals surface area (Å²) >= 11 is 0. The Morgan fingerprint density at radius 1 is 1.58 bits per heavy atom. The van der Waals surface area contributed by atoms with Crippen LogP contribution in [0.4, 0.5) is 0 Å². The molecule has 0 bridgehead atoms. The molecule has 0 spiro atoms. The molecule has 8 nitrogen and oxygen atoms in total. The average Bonchev–Trinajstić information content (AvgIpc) is 2.99. The predicted octanol–water partition coefficient (Wildman–Crippen LogP) is -0.356. The Hall–Kier alpha value is -2.19. The molecular weight excluding hydrogens is 248 g/mol. The van der Waals surface area contributed by atoms with Crippen LogP contribution in [0.25, 0.3) is 0 Å². The predicted molar refractivity (Wildman–Crippen MR) is 66.5 cm³/mol. The van der Waals surface area contributed by atoms with Crippen molar-refractivity contribution in [1.82, 2.24) is 25.0 Å². The Morgan fingerprint density at radius 3 is 3.00 bits per heavy atom. The zero-order valence-corrected chi connectivity index (χ0v) is 10.8. The van der Waals surface area contributed by atoms with Gasteiger partial charge in [-0.3, -0.25) is 15.1 Å².